The van der Waals surface area contributed by atoms with Crippen molar-refractivity contribution in [1.29, 1.82) is 0 Å². The number of pyridine rings is 1. The summed E-state index contributed by atoms with van der Waals surface area (Å²) in [5.41, 5.74) is 0.853. The van der Waals surface area contributed by atoms with Gasteiger partial charge < -0.3 is 10.1 Å². The van der Waals surface area contributed by atoms with Gasteiger partial charge in [-0.05, 0) is 34.5 Å². The average molecular weight is 337 g/mol. The molecule has 5 nitrogen and oxygen atoms in total. The van der Waals surface area contributed by atoms with Crippen molar-refractivity contribution in [3.05, 3.63) is 41.0 Å². The van der Waals surface area contributed by atoms with Gasteiger partial charge in [0.25, 0.3) is 0 Å². The van der Waals surface area contributed by atoms with E-state index in [2.05, 4.69) is 50.0 Å². The van der Waals surface area contributed by atoms with E-state index < -0.39 is 0 Å². The summed E-state index contributed by atoms with van der Waals surface area (Å²) in [4.78, 5) is 12.6. The minimum atomic E-state index is 0.466. The SMILES string of the molecule is CC(C)CNCc1cncc(Oc2cncc(Br)c2)n1. The van der Waals surface area contributed by atoms with E-state index in [9.17, 15) is 0 Å². The molecule has 106 valence electrons. The van der Waals surface area contributed by atoms with Gasteiger partial charge in [0.15, 0.2) is 0 Å². The lowest BCUT2D eigenvalue weighted by atomic mass is 10.2. The Balaban J connectivity index is 1.99. The second-order valence-corrected chi connectivity index (χ2v) is 5.73. The average Bonchev–Trinajstić information content (AvgIpc) is 2.39. The van der Waals surface area contributed by atoms with Crippen LogP contribution in [0.1, 0.15) is 19.5 Å². The molecular formula is C14H17BrN4O. The van der Waals surface area contributed by atoms with Gasteiger partial charge in [0.05, 0.1) is 18.1 Å². The van der Waals surface area contributed by atoms with E-state index in [1.165, 1.54) is 0 Å². The van der Waals surface area contributed by atoms with Crippen LogP contribution in [0.2, 0.25) is 0 Å². The van der Waals surface area contributed by atoms with Gasteiger partial charge in [0.2, 0.25) is 5.88 Å². The van der Waals surface area contributed by atoms with Crippen molar-refractivity contribution in [2.24, 2.45) is 5.92 Å². The van der Waals surface area contributed by atoms with Crippen molar-refractivity contribution in [2.45, 2.75) is 20.4 Å². The number of aromatic nitrogens is 3. The number of hydrogen-bond acceptors (Lipinski definition) is 5. The Morgan fingerprint density at radius 2 is 2.00 bits per heavy atom. The first-order valence-corrected chi connectivity index (χ1v) is 7.23. The monoisotopic (exact) mass is 336 g/mol. The third kappa shape index (κ3) is 4.86. The van der Waals surface area contributed by atoms with Crippen LogP contribution in [0, 0.1) is 5.92 Å². The van der Waals surface area contributed by atoms with Crippen LogP contribution in [0.4, 0.5) is 0 Å². The van der Waals surface area contributed by atoms with Gasteiger partial charge in [0, 0.05) is 23.4 Å². The molecule has 6 heteroatoms. The normalized spacial score (nSPS) is 10.8. The molecular weight excluding hydrogens is 320 g/mol. The molecule has 2 rings (SSSR count). The zero-order valence-electron chi connectivity index (χ0n) is 11.5. The molecule has 0 saturated heterocycles. The van der Waals surface area contributed by atoms with Gasteiger partial charge in [-0.1, -0.05) is 13.8 Å². The third-order valence-electron chi connectivity index (χ3n) is 2.42. The van der Waals surface area contributed by atoms with E-state index in [1.54, 1.807) is 24.8 Å². The summed E-state index contributed by atoms with van der Waals surface area (Å²) in [6.45, 7) is 5.96. The van der Waals surface area contributed by atoms with Gasteiger partial charge in [-0.3, -0.25) is 9.97 Å². The van der Waals surface area contributed by atoms with Crippen molar-refractivity contribution in [1.82, 2.24) is 20.3 Å². The van der Waals surface area contributed by atoms with Gasteiger partial charge in [-0.25, -0.2) is 4.98 Å². The van der Waals surface area contributed by atoms with E-state index in [1.807, 2.05) is 6.07 Å². The summed E-state index contributed by atoms with van der Waals surface area (Å²) >= 11 is 3.35. The Kier molecular flexibility index (Phi) is 5.43. The van der Waals surface area contributed by atoms with E-state index in [-0.39, 0.29) is 0 Å². The molecule has 2 aromatic rings. The van der Waals surface area contributed by atoms with Crippen LogP contribution in [0.25, 0.3) is 0 Å². The first-order chi connectivity index (χ1) is 9.63. The molecule has 0 aliphatic heterocycles. The van der Waals surface area contributed by atoms with E-state index in [0.29, 0.717) is 24.1 Å². The van der Waals surface area contributed by atoms with Crippen LogP contribution in [0.3, 0.4) is 0 Å². The van der Waals surface area contributed by atoms with Crippen molar-refractivity contribution < 1.29 is 4.74 Å². The highest BCUT2D eigenvalue weighted by atomic mass is 79.9. The summed E-state index contributed by atoms with van der Waals surface area (Å²) in [6, 6.07) is 1.83. The molecule has 2 aromatic heterocycles. The number of hydrogen-bond donors (Lipinski definition) is 1. The Labute approximate surface area is 127 Å². The van der Waals surface area contributed by atoms with Crippen molar-refractivity contribution in [3.63, 3.8) is 0 Å². The molecule has 0 radical (unpaired) electrons. The second-order valence-electron chi connectivity index (χ2n) is 4.81. The van der Waals surface area contributed by atoms with Gasteiger partial charge in [-0.2, -0.15) is 0 Å². The van der Waals surface area contributed by atoms with Gasteiger partial charge >= 0.3 is 0 Å². The quantitative estimate of drug-likeness (QED) is 0.877. The van der Waals surface area contributed by atoms with Crippen molar-refractivity contribution >= 4 is 15.9 Å². The molecule has 1 N–H and O–H groups in total. The fourth-order valence-corrected chi connectivity index (χ4v) is 1.92. The molecule has 0 aromatic carbocycles. The van der Waals surface area contributed by atoms with Crippen LogP contribution >= 0.6 is 15.9 Å². The minimum absolute atomic E-state index is 0.466. The predicted molar refractivity (Wildman–Crippen MR) is 80.6 cm³/mol. The highest BCUT2D eigenvalue weighted by Crippen LogP contribution is 2.21. The zero-order chi connectivity index (χ0) is 14.4. The van der Waals surface area contributed by atoms with Crippen LogP contribution in [-0.2, 0) is 6.54 Å². The fraction of sp³-hybridized carbons (Fsp3) is 0.357. The summed E-state index contributed by atoms with van der Waals surface area (Å²) < 4.78 is 6.49. The van der Waals surface area contributed by atoms with E-state index >= 15 is 0 Å². The third-order valence-corrected chi connectivity index (χ3v) is 2.86. The van der Waals surface area contributed by atoms with Crippen LogP contribution in [0.5, 0.6) is 11.6 Å². The number of nitrogens with zero attached hydrogens (tertiary/aromatic N) is 3. The maximum absolute atomic E-state index is 5.63. The Morgan fingerprint density at radius 1 is 1.20 bits per heavy atom. The molecule has 20 heavy (non-hydrogen) atoms. The fourth-order valence-electron chi connectivity index (χ4n) is 1.58. The Bertz CT molecular complexity index is 562. The summed E-state index contributed by atoms with van der Waals surface area (Å²) in [7, 11) is 0. The number of nitrogens with one attached hydrogen (secondary N) is 1. The topological polar surface area (TPSA) is 59.9 Å². The lowest BCUT2D eigenvalue weighted by molar-refractivity contribution is 0.452. The van der Waals surface area contributed by atoms with Crippen LogP contribution < -0.4 is 10.1 Å². The molecule has 0 spiro atoms. The first-order valence-electron chi connectivity index (χ1n) is 6.43. The smallest absolute Gasteiger partial charge is 0.238 e. The Morgan fingerprint density at radius 3 is 2.75 bits per heavy atom. The highest BCUT2D eigenvalue weighted by molar-refractivity contribution is 9.10. The van der Waals surface area contributed by atoms with Gasteiger partial charge in [-0.15, -0.1) is 0 Å². The number of ether oxygens (including phenoxy) is 1. The standard InChI is InChI=1S/C14H17BrN4O/c1-10(2)4-16-6-12-7-18-9-14(19-12)20-13-3-11(15)5-17-8-13/h3,5,7-10,16H,4,6H2,1-2H3. The highest BCUT2D eigenvalue weighted by Gasteiger charge is 2.03. The first kappa shape index (κ1) is 14.9. The predicted octanol–water partition coefficient (Wildman–Crippen LogP) is 3.17. The molecule has 0 bridgehead atoms. The summed E-state index contributed by atoms with van der Waals surface area (Å²) in [5, 5.41) is 3.32. The van der Waals surface area contributed by atoms with Gasteiger partial charge in [0.1, 0.15) is 5.75 Å². The van der Waals surface area contributed by atoms with Crippen molar-refractivity contribution in [2.75, 3.05) is 6.54 Å². The maximum atomic E-state index is 5.63. The largest absolute Gasteiger partial charge is 0.436 e. The molecule has 0 unspecified atom stereocenters. The van der Waals surface area contributed by atoms with E-state index in [0.717, 1.165) is 16.7 Å². The number of rotatable bonds is 6. The van der Waals surface area contributed by atoms with Crippen molar-refractivity contribution in [3.8, 4) is 11.6 Å². The molecule has 0 fully saturated rings. The minimum Gasteiger partial charge on any atom is -0.436 e. The molecule has 2 heterocycles. The molecule has 0 saturated carbocycles. The lowest BCUT2D eigenvalue weighted by Gasteiger charge is -2.08. The maximum Gasteiger partial charge on any atom is 0.238 e. The summed E-state index contributed by atoms with van der Waals surface area (Å²) in [5.74, 6) is 1.70. The summed E-state index contributed by atoms with van der Waals surface area (Å²) in [6.07, 6.45) is 6.66. The number of halogens is 1. The van der Waals surface area contributed by atoms with Crippen LogP contribution in [-0.4, -0.2) is 21.5 Å². The molecule has 0 amide bonds. The Hall–Kier alpha value is -1.53. The van der Waals surface area contributed by atoms with E-state index in [4.69, 9.17) is 4.74 Å². The molecule has 0 aliphatic rings. The lowest BCUT2D eigenvalue weighted by Crippen LogP contribution is -2.19. The zero-order valence-corrected chi connectivity index (χ0v) is 13.1. The molecule has 0 atom stereocenters. The van der Waals surface area contributed by atoms with Crippen LogP contribution in [0.15, 0.2) is 35.3 Å². The second kappa shape index (κ2) is 7.31. The molecule has 0 aliphatic carbocycles.